The summed E-state index contributed by atoms with van der Waals surface area (Å²) in [5.41, 5.74) is 2.22. The van der Waals surface area contributed by atoms with E-state index in [9.17, 15) is 0 Å². The van der Waals surface area contributed by atoms with Crippen LogP contribution in [0.3, 0.4) is 0 Å². The van der Waals surface area contributed by atoms with Gasteiger partial charge in [0.1, 0.15) is 0 Å². The Bertz CT molecular complexity index is 694. The molecule has 0 spiro atoms. The van der Waals surface area contributed by atoms with Crippen molar-refractivity contribution in [1.82, 2.24) is 4.98 Å². The van der Waals surface area contributed by atoms with Gasteiger partial charge in [-0.3, -0.25) is 0 Å². The second-order valence-electron chi connectivity index (χ2n) is 4.62. The van der Waals surface area contributed by atoms with E-state index in [0.717, 1.165) is 29.9 Å². The van der Waals surface area contributed by atoms with Crippen molar-refractivity contribution in [2.24, 2.45) is 0 Å². The Balaban J connectivity index is 1.55. The van der Waals surface area contributed by atoms with E-state index >= 15 is 0 Å². The molecule has 3 rings (SSSR count). The molecule has 1 N–H and O–H groups in total. The van der Waals surface area contributed by atoms with Gasteiger partial charge in [0.05, 0.1) is 15.2 Å². The lowest BCUT2D eigenvalue weighted by Gasteiger charge is -2.04. The van der Waals surface area contributed by atoms with E-state index in [2.05, 4.69) is 22.4 Å². The molecule has 0 unspecified atom stereocenters. The normalized spacial score (nSPS) is 10.8. The van der Waals surface area contributed by atoms with Gasteiger partial charge in [0.25, 0.3) is 0 Å². The van der Waals surface area contributed by atoms with Crippen LogP contribution in [0, 0.1) is 0 Å². The highest BCUT2D eigenvalue weighted by Gasteiger charge is 2.04. The minimum atomic E-state index is 0.776. The number of fused-ring (bicyclic) bond motifs is 1. The number of rotatable bonds is 5. The van der Waals surface area contributed by atoms with Crippen molar-refractivity contribution in [3.05, 3.63) is 58.6 Å². The third kappa shape index (κ3) is 3.30. The molecule has 0 aliphatic heterocycles. The zero-order valence-corrected chi connectivity index (χ0v) is 12.5. The van der Waals surface area contributed by atoms with Crippen LogP contribution in [-0.4, -0.2) is 11.5 Å². The lowest BCUT2D eigenvalue weighted by molar-refractivity contribution is 0.857. The van der Waals surface area contributed by atoms with Crippen LogP contribution >= 0.6 is 22.9 Å². The van der Waals surface area contributed by atoms with Gasteiger partial charge in [0, 0.05) is 23.7 Å². The molecular formula is C16H15ClN2S. The first kappa shape index (κ1) is 13.4. The van der Waals surface area contributed by atoms with Crippen LogP contribution in [0.5, 0.6) is 0 Å². The smallest absolute Gasteiger partial charge is 0.0939 e. The molecule has 0 saturated carbocycles. The van der Waals surface area contributed by atoms with E-state index in [-0.39, 0.29) is 0 Å². The maximum absolute atomic E-state index is 5.99. The summed E-state index contributed by atoms with van der Waals surface area (Å²) in [5.74, 6) is 0. The molecule has 0 aliphatic carbocycles. The Morgan fingerprint density at radius 2 is 1.95 bits per heavy atom. The fourth-order valence-electron chi connectivity index (χ4n) is 2.08. The lowest BCUT2D eigenvalue weighted by Crippen LogP contribution is -2.02. The monoisotopic (exact) mass is 302 g/mol. The number of halogens is 1. The average Bonchev–Trinajstić information content (AvgIpc) is 2.86. The Hall–Kier alpha value is -1.58. The number of hydrogen-bond acceptors (Lipinski definition) is 3. The van der Waals surface area contributed by atoms with Gasteiger partial charge in [-0.25, -0.2) is 4.98 Å². The SMILES string of the molecule is Clc1ccc2nc(CCCNc3ccccc3)sc2c1. The van der Waals surface area contributed by atoms with Gasteiger partial charge < -0.3 is 5.32 Å². The Morgan fingerprint density at radius 3 is 2.80 bits per heavy atom. The molecule has 3 aromatic rings. The molecule has 0 aliphatic rings. The second-order valence-corrected chi connectivity index (χ2v) is 6.17. The van der Waals surface area contributed by atoms with Gasteiger partial charge in [-0.05, 0) is 36.8 Å². The van der Waals surface area contributed by atoms with Crippen molar-refractivity contribution < 1.29 is 0 Å². The predicted molar refractivity (Wildman–Crippen MR) is 87.9 cm³/mol. The number of para-hydroxylation sites is 1. The van der Waals surface area contributed by atoms with Gasteiger partial charge >= 0.3 is 0 Å². The van der Waals surface area contributed by atoms with E-state index in [4.69, 9.17) is 11.6 Å². The van der Waals surface area contributed by atoms with Gasteiger partial charge in [-0.2, -0.15) is 0 Å². The highest BCUT2D eigenvalue weighted by atomic mass is 35.5. The highest BCUT2D eigenvalue weighted by Crippen LogP contribution is 2.25. The Morgan fingerprint density at radius 1 is 1.10 bits per heavy atom. The molecule has 0 atom stereocenters. The van der Waals surface area contributed by atoms with Crippen molar-refractivity contribution in [2.75, 3.05) is 11.9 Å². The lowest BCUT2D eigenvalue weighted by atomic mass is 10.3. The first-order valence-electron chi connectivity index (χ1n) is 6.65. The average molecular weight is 303 g/mol. The highest BCUT2D eigenvalue weighted by molar-refractivity contribution is 7.18. The number of nitrogens with zero attached hydrogens (tertiary/aromatic N) is 1. The molecule has 0 saturated heterocycles. The van der Waals surface area contributed by atoms with Crippen LogP contribution in [-0.2, 0) is 6.42 Å². The summed E-state index contributed by atoms with van der Waals surface area (Å²) in [7, 11) is 0. The fraction of sp³-hybridized carbons (Fsp3) is 0.188. The minimum absolute atomic E-state index is 0.776. The summed E-state index contributed by atoms with van der Waals surface area (Å²) in [6.45, 7) is 0.959. The number of anilines is 1. The Labute approximate surface area is 127 Å². The molecule has 102 valence electrons. The maximum Gasteiger partial charge on any atom is 0.0939 e. The van der Waals surface area contributed by atoms with Crippen molar-refractivity contribution in [1.29, 1.82) is 0 Å². The summed E-state index contributed by atoms with van der Waals surface area (Å²) in [4.78, 5) is 4.63. The first-order chi connectivity index (χ1) is 9.81. The number of nitrogens with one attached hydrogen (secondary N) is 1. The summed E-state index contributed by atoms with van der Waals surface area (Å²) >= 11 is 7.73. The predicted octanol–water partition coefficient (Wildman–Crippen LogP) is 4.99. The molecule has 0 bridgehead atoms. The number of hydrogen-bond donors (Lipinski definition) is 1. The zero-order valence-electron chi connectivity index (χ0n) is 11.0. The molecule has 4 heteroatoms. The van der Waals surface area contributed by atoms with Crippen LogP contribution in [0.1, 0.15) is 11.4 Å². The van der Waals surface area contributed by atoms with Gasteiger partial charge in [-0.15, -0.1) is 11.3 Å². The number of aromatic nitrogens is 1. The molecule has 20 heavy (non-hydrogen) atoms. The molecular weight excluding hydrogens is 288 g/mol. The topological polar surface area (TPSA) is 24.9 Å². The quantitative estimate of drug-likeness (QED) is 0.671. The molecule has 2 nitrogen and oxygen atoms in total. The summed E-state index contributed by atoms with van der Waals surface area (Å²) in [5, 5.41) is 5.37. The van der Waals surface area contributed by atoms with E-state index in [1.165, 1.54) is 15.4 Å². The fourth-order valence-corrected chi connectivity index (χ4v) is 3.37. The molecule has 0 fully saturated rings. The van der Waals surface area contributed by atoms with Crippen molar-refractivity contribution in [2.45, 2.75) is 12.8 Å². The van der Waals surface area contributed by atoms with Crippen LogP contribution in [0.15, 0.2) is 48.5 Å². The van der Waals surface area contributed by atoms with E-state index in [1.807, 2.05) is 36.4 Å². The summed E-state index contributed by atoms with van der Waals surface area (Å²) < 4.78 is 1.17. The van der Waals surface area contributed by atoms with E-state index in [0.29, 0.717) is 0 Å². The summed E-state index contributed by atoms with van der Waals surface area (Å²) in [6, 6.07) is 16.1. The largest absolute Gasteiger partial charge is 0.385 e. The van der Waals surface area contributed by atoms with Gasteiger partial charge in [0.15, 0.2) is 0 Å². The van der Waals surface area contributed by atoms with E-state index in [1.54, 1.807) is 11.3 Å². The zero-order chi connectivity index (χ0) is 13.8. The van der Waals surface area contributed by atoms with Crippen LogP contribution in [0.2, 0.25) is 5.02 Å². The van der Waals surface area contributed by atoms with Crippen LogP contribution < -0.4 is 5.32 Å². The molecule has 1 heterocycles. The van der Waals surface area contributed by atoms with Crippen molar-refractivity contribution >= 4 is 38.8 Å². The molecule has 0 radical (unpaired) electrons. The Kier molecular flexibility index (Phi) is 4.19. The van der Waals surface area contributed by atoms with Crippen LogP contribution in [0.25, 0.3) is 10.2 Å². The first-order valence-corrected chi connectivity index (χ1v) is 7.84. The number of benzene rings is 2. The maximum atomic E-state index is 5.99. The number of aryl methyl sites for hydroxylation is 1. The van der Waals surface area contributed by atoms with E-state index < -0.39 is 0 Å². The number of thiazole rings is 1. The van der Waals surface area contributed by atoms with Crippen molar-refractivity contribution in [3.8, 4) is 0 Å². The molecule has 1 aromatic heterocycles. The minimum Gasteiger partial charge on any atom is -0.385 e. The standard InChI is InChI=1S/C16H15ClN2S/c17-12-8-9-14-15(11-12)20-16(19-14)7-4-10-18-13-5-2-1-3-6-13/h1-3,5-6,8-9,11,18H,4,7,10H2. The third-order valence-electron chi connectivity index (χ3n) is 3.07. The third-order valence-corrected chi connectivity index (χ3v) is 4.38. The second kappa shape index (κ2) is 6.25. The molecule has 2 aromatic carbocycles. The molecule has 0 amide bonds. The van der Waals surface area contributed by atoms with Gasteiger partial charge in [-0.1, -0.05) is 29.8 Å². The van der Waals surface area contributed by atoms with Crippen molar-refractivity contribution in [3.63, 3.8) is 0 Å². The van der Waals surface area contributed by atoms with Crippen LogP contribution in [0.4, 0.5) is 5.69 Å². The summed E-state index contributed by atoms with van der Waals surface area (Å²) in [6.07, 6.45) is 2.07. The van der Waals surface area contributed by atoms with Gasteiger partial charge in [0.2, 0.25) is 0 Å².